The first-order valence-electron chi connectivity index (χ1n) is 7.15. The smallest absolute Gasteiger partial charge is 0.231 e. The molecule has 0 saturated carbocycles. The number of hydrogen-bond donors (Lipinski definition) is 2. The highest BCUT2D eigenvalue weighted by atomic mass is 79.9. The van der Waals surface area contributed by atoms with E-state index in [0.717, 1.165) is 36.7 Å². The molecule has 0 aliphatic carbocycles. The van der Waals surface area contributed by atoms with Crippen LogP contribution >= 0.6 is 39.1 Å². The third-order valence-corrected chi connectivity index (χ3v) is 4.98. The number of amides is 1. The predicted molar refractivity (Wildman–Crippen MR) is 92.2 cm³/mol. The van der Waals surface area contributed by atoms with E-state index in [2.05, 4.69) is 33.5 Å². The van der Waals surface area contributed by atoms with Gasteiger partial charge < -0.3 is 10.6 Å². The molecule has 0 bridgehead atoms. The summed E-state index contributed by atoms with van der Waals surface area (Å²) in [5, 5.41) is 7.15. The van der Waals surface area contributed by atoms with Crippen molar-refractivity contribution in [1.82, 2.24) is 5.32 Å². The Bertz CT molecular complexity index is 502. The topological polar surface area (TPSA) is 41.1 Å². The Hall–Kier alpha value is -0.290. The summed E-state index contributed by atoms with van der Waals surface area (Å²) < 4.78 is 0.790. The van der Waals surface area contributed by atoms with Gasteiger partial charge in [-0.1, -0.05) is 52.5 Å². The second-order valence-electron chi connectivity index (χ2n) is 5.51. The molecule has 2 rings (SSSR count). The highest BCUT2D eigenvalue weighted by Crippen LogP contribution is 2.37. The van der Waals surface area contributed by atoms with E-state index in [4.69, 9.17) is 23.2 Å². The van der Waals surface area contributed by atoms with Crippen molar-refractivity contribution < 1.29 is 4.79 Å². The molecule has 6 heteroatoms. The average Bonchev–Trinajstić information content (AvgIpc) is 2.44. The van der Waals surface area contributed by atoms with E-state index in [1.165, 1.54) is 0 Å². The Morgan fingerprint density at radius 3 is 2.62 bits per heavy atom. The molecule has 1 aromatic rings. The molecule has 1 heterocycles. The molecule has 2 N–H and O–H groups in total. The van der Waals surface area contributed by atoms with Crippen LogP contribution in [0.5, 0.6) is 0 Å². The summed E-state index contributed by atoms with van der Waals surface area (Å²) in [5.74, 6) is 0.00247. The molecule has 1 aliphatic rings. The van der Waals surface area contributed by atoms with Gasteiger partial charge in [-0.15, -0.1) is 0 Å². The summed E-state index contributed by atoms with van der Waals surface area (Å²) in [4.78, 5) is 12.8. The van der Waals surface area contributed by atoms with Gasteiger partial charge in [0.15, 0.2) is 0 Å². The van der Waals surface area contributed by atoms with E-state index in [1.807, 2.05) is 0 Å². The van der Waals surface area contributed by atoms with Crippen LogP contribution in [-0.4, -0.2) is 19.0 Å². The van der Waals surface area contributed by atoms with Crippen LogP contribution in [0.1, 0.15) is 32.6 Å². The fourth-order valence-corrected chi connectivity index (χ4v) is 4.18. The summed E-state index contributed by atoms with van der Waals surface area (Å²) in [7, 11) is 0. The van der Waals surface area contributed by atoms with Crippen molar-refractivity contribution in [3.8, 4) is 0 Å². The van der Waals surface area contributed by atoms with Crippen molar-refractivity contribution >= 4 is 50.7 Å². The van der Waals surface area contributed by atoms with Crippen molar-refractivity contribution in [2.45, 2.75) is 32.6 Å². The number of hydrogen-bond acceptors (Lipinski definition) is 2. The number of carbonyl (C=O) groups is 1. The van der Waals surface area contributed by atoms with Crippen molar-refractivity contribution in [3.63, 3.8) is 0 Å². The maximum atomic E-state index is 12.8. The Balaban J connectivity index is 2.23. The van der Waals surface area contributed by atoms with Crippen LogP contribution in [0.15, 0.2) is 16.6 Å². The number of piperidine rings is 1. The zero-order chi connectivity index (χ0) is 15.5. The third kappa shape index (κ3) is 3.92. The van der Waals surface area contributed by atoms with E-state index in [0.29, 0.717) is 22.3 Å². The number of halogens is 3. The first kappa shape index (κ1) is 17.1. The minimum atomic E-state index is -0.368. The minimum Gasteiger partial charge on any atom is -0.323 e. The molecule has 0 radical (unpaired) electrons. The van der Waals surface area contributed by atoms with Crippen LogP contribution in [0, 0.1) is 5.41 Å². The van der Waals surface area contributed by atoms with Crippen molar-refractivity contribution in [1.29, 1.82) is 0 Å². The number of nitrogens with one attached hydrogen (secondary N) is 2. The SMILES string of the molecule is CCCC1(C(=O)Nc2c(Cl)cc(Br)cc2Cl)CCCNC1. The fraction of sp³-hybridized carbons (Fsp3) is 0.533. The summed E-state index contributed by atoms with van der Waals surface area (Å²) in [6.07, 6.45) is 3.73. The van der Waals surface area contributed by atoms with Crippen molar-refractivity contribution in [2.24, 2.45) is 5.41 Å². The number of anilines is 1. The Kier molecular flexibility index (Phi) is 5.95. The Morgan fingerprint density at radius 1 is 1.43 bits per heavy atom. The van der Waals surface area contributed by atoms with Crippen LogP contribution in [0.3, 0.4) is 0 Å². The lowest BCUT2D eigenvalue weighted by atomic mass is 9.76. The van der Waals surface area contributed by atoms with E-state index in [1.54, 1.807) is 12.1 Å². The van der Waals surface area contributed by atoms with Crippen molar-refractivity contribution in [3.05, 3.63) is 26.7 Å². The van der Waals surface area contributed by atoms with Crippen LogP contribution < -0.4 is 10.6 Å². The van der Waals surface area contributed by atoms with Gasteiger partial charge in [-0.25, -0.2) is 0 Å². The molecular formula is C15H19BrCl2N2O. The molecule has 3 nitrogen and oxygen atoms in total. The molecule has 1 saturated heterocycles. The van der Waals surface area contributed by atoms with Crippen molar-refractivity contribution in [2.75, 3.05) is 18.4 Å². The monoisotopic (exact) mass is 392 g/mol. The van der Waals surface area contributed by atoms with Crippen LogP contribution in [0.2, 0.25) is 10.0 Å². The maximum Gasteiger partial charge on any atom is 0.231 e. The lowest BCUT2D eigenvalue weighted by Crippen LogP contribution is -2.48. The van der Waals surface area contributed by atoms with Gasteiger partial charge >= 0.3 is 0 Å². The molecule has 116 valence electrons. The van der Waals surface area contributed by atoms with Gasteiger partial charge in [-0.3, -0.25) is 4.79 Å². The van der Waals surface area contributed by atoms with Gasteiger partial charge in [0.1, 0.15) is 0 Å². The van der Waals surface area contributed by atoms with E-state index >= 15 is 0 Å². The fourth-order valence-electron chi connectivity index (χ4n) is 2.87. The van der Waals surface area contributed by atoms with Gasteiger partial charge in [0.05, 0.1) is 21.1 Å². The van der Waals surface area contributed by atoms with E-state index in [-0.39, 0.29) is 11.3 Å². The zero-order valence-electron chi connectivity index (χ0n) is 11.9. The summed E-state index contributed by atoms with van der Waals surface area (Å²) >= 11 is 15.7. The van der Waals surface area contributed by atoms with Crippen LogP contribution in [-0.2, 0) is 4.79 Å². The largest absolute Gasteiger partial charge is 0.323 e. The Morgan fingerprint density at radius 2 is 2.10 bits per heavy atom. The number of rotatable bonds is 4. The third-order valence-electron chi connectivity index (χ3n) is 3.93. The first-order valence-corrected chi connectivity index (χ1v) is 8.70. The predicted octanol–water partition coefficient (Wildman–Crippen LogP) is 4.86. The van der Waals surface area contributed by atoms with Gasteiger partial charge in [0, 0.05) is 11.0 Å². The summed E-state index contributed by atoms with van der Waals surface area (Å²) in [5.41, 5.74) is 0.125. The standard InChI is InChI=1S/C15H19BrCl2N2O/c1-2-4-15(5-3-6-19-9-15)14(21)20-13-11(17)7-10(16)8-12(13)18/h7-8,19H,2-6,9H2,1H3,(H,20,21). The minimum absolute atomic E-state index is 0.00247. The molecule has 1 amide bonds. The normalized spacial score (nSPS) is 22.1. The highest BCUT2D eigenvalue weighted by Gasteiger charge is 2.39. The zero-order valence-corrected chi connectivity index (χ0v) is 15.0. The second-order valence-corrected chi connectivity index (χ2v) is 7.24. The molecule has 0 spiro atoms. The molecule has 21 heavy (non-hydrogen) atoms. The van der Waals surface area contributed by atoms with Gasteiger partial charge in [-0.2, -0.15) is 0 Å². The lowest BCUT2D eigenvalue weighted by Gasteiger charge is -2.36. The van der Waals surface area contributed by atoms with Gasteiger partial charge in [-0.05, 0) is 37.9 Å². The number of benzene rings is 1. The second kappa shape index (κ2) is 7.32. The van der Waals surface area contributed by atoms with Crippen LogP contribution in [0.25, 0.3) is 0 Å². The van der Waals surface area contributed by atoms with Gasteiger partial charge in [0.25, 0.3) is 0 Å². The van der Waals surface area contributed by atoms with E-state index in [9.17, 15) is 4.79 Å². The Labute approximate surface area is 143 Å². The molecule has 1 fully saturated rings. The van der Waals surface area contributed by atoms with Gasteiger partial charge in [0.2, 0.25) is 5.91 Å². The highest BCUT2D eigenvalue weighted by molar-refractivity contribution is 9.10. The van der Waals surface area contributed by atoms with Crippen LogP contribution in [0.4, 0.5) is 5.69 Å². The molecule has 0 aromatic heterocycles. The summed E-state index contributed by atoms with van der Waals surface area (Å²) in [6, 6.07) is 3.46. The number of carbonyl (C=O) groups excluding carboxylic acids is 1. The molecule has 1 unspecified atom stereocenters. The molecule has 1 aromatic carbocycles. The average molecular weight is 394 g/mol. The quantitative estimate of drug-likeness (QED) is 0.766. The molecule has 1 aliphatic heterocycles. The maximum absolute atomic E-state index is 12.8. The molecular weight excluding hydrogens is 375 g/mol. The van der Waals surface area contributed by atoms with E-state index < -0.39 is 0 Å². The summed E-state index contributed by atoms with van der Waals surface area (Å²) in [6.45, 7) is 3.78. The molecule has 1 atom stereocenters. The first-order chi connectivity index (χ1) is 9.98. The lowest BCUT2D eigenvalue weighted by molar-refractivity contribution is -0.127.